The Morgan fingerprint density at radius 3 is 2.63 bits per heavy atom. The monoisotopic (exact) mass is 424 g/mol. The molecule has 0 aliphatic carbocycles. The molecule has 3 aromatic rings. The van der Waals surface area contributed by atoms with Gasteiger partial charge < -0.3 is 15.0 Å². The van der Waals surface area contributed by atoms with Crippen molar-refractivity contribution in [1.82, 2.24) is 15.0 Å². The lowest BCUT2D eigenvalue weighted by molar-refractivity contribution is -0.383. The van der Waals surface area contributed by atoms with Gasteiger partial charge >= 0.3 is 5.69 Å². The number of nitro groups is 1. The van der Waals surface area contributed by atoms with Crippen LogP contribution in [0, 0.1) is 32.8 Å². The normalized spacial score (nSPS) is 10.2. The van der Waals surface area contributed by atoms with E-state index in [4.69, 9.17) is 15.3 Å². The van der Waals surface area contributed by atoms with Crippen LogP contribution in [0.3, 0.4) is 0 Å². The molecule has 2 aromatic heterocycles. The molecule has 12 heteroatoms. The minimum Gasteiger partial charge on any atom is -0.497 e. The number of aromatic nitrogens is 3. The third-order valence-electron chi connectivity index (χ3n) is 4.09. The average molecular weight is 424 g/mol. The topological polar surface area (TPSA) is 154 Å². The highest BCUT2D eigenvalue weighted by Gasteiger charge is 2.27. The van der Waals surface area contributed by atoms with Crippen molar-refractivity contribution in [2.75, 3.05) is 30.4 Å². The molecule has 0 amide bonds. The average Bonchev–Trinajstić information content (AvgIpc) is 3.14. The van der Waals surface area contributed by atoms with Gasteiger partial charge in [0.25, 0.3) is 0 Å². The number of hydrogen-bond donors (Lipinski definition) is 1. The van der Waals surface area contributed by atoms with Crippen molar-refractivity contribution in [2.45, 2.75) is 12.8 Å². The van der Waals surface area contributed by atoms with E-state index in [9.17, 15) is 10.1 Å². The molecule has 2 heterocycles. The number of ether oxygens (including phenoxy) is 1. The van der Waals surface area contributed by atoms with E-state index >= 15 is 0 Å². The molecule has 1 aromatic carbocycles. The lowest BCUT2D eigenvalue weighted by Gasteiger charge is -2.21. The fourth-order valence-corrected chi connectivity index (χ4v) is 3.63. The number of nitrogens with zero attached hydrogens (tertiary/aromatic N) is 7. The zero-order valence-corrected chi connectivity index (χ0v) is 16.7. The fourth-order valence-electron chi connectivity index (χ4n) is 2.74. The zero-order chi connectivity index (χ0) is 21.5. The summed E-state index contributed by atoms with van der Waals surface area (Å²) in [5.41, 5.74) is 0.370. The van der Waals surface area contributed by atoms with Gasteiger partial charge in [0.15, 0.2) is 5.13 Å². The largest absolute Gasteiger partial charge is 0.497 e. The summed E-state index contributed by atoms with van der Waals surface area (Å²) >= 11 is 1.30. The smallest absolute Gasteiger partial charge is 0.353 e. The number of methoxy groups -OCH3 is 1. The van der Waals surface area contributed by atoms with Crippen molar-refractivity contribution in [2.24, 2.45) is 0 Å². The summed E-state index contributed by atoms with van der Waals surface area (Å²) in [5, 5.41) is 32.9. The van der Waals surface area contributed by atoms with Crippen molar-refractivity contribution in [3.8, 4) is 17.9 Å². The predicted octanol–water partition coefficient (Wildman–Crippen LogP) is 3.38. The summed E-state index contributed by atoms with van der Waals surface area (Å²) in [5.74, 6) is 0.708. The molecule has 0 saturated carbocycles. The van der Waals surface area contributed by atoms with E-state index in [0.717, 1.165) is 4.70 Å². The quantitative estimate of drug-likeness (QED) is 0.399. The van der Waals surface area contributed by atoms with Gasteiger partial charge in [-0.3, -0.25) is 10.1 Å². The van der Waals surface area contributed by atoms with E-state index in [2.05, 4.69) is 20.3 Å². The lowest BCUT2D eigenvalue weighted by atomic mass is 10.3. The molecule has 3 rings (SSSR count). The van der Waals surface area contributed by atoms with Crippen molar-refractivity contribution < 1.29 is 9.66 Å². The summed E-state index contributed by atoms with van der Waals surface area (Å²) < 4.78 is 6.05. The van der Waals surface area contributed by atoms with Crippen LogP contribution in [0.25, 0.3) is 10.2 Å². The SMILES string of the molecule is COc1ccc2nc(Nc3ncnc(N(CCC#N)CCC#N)c3[N+](=O)[O-])sc2c1. The van der Waals surface area contributed by atoms with E-state index in [0.29, 0.717) is 16.4 Å². The highest BCUT2D eigenvalue weighted by atomic mass is 32.1. The van der Waals surface area contributed by atoms with Crippen LogP contribution in [-0.2, 0) is 0 Å². The Hall–Kier alpha value is -4.03. The van der Waals surface area contributed by atoms with Crippen LogP contribution in [0.5, 0.6) is 5.75 Å². The Bertz CT molecular complexity index is 1130. The van der Waals surface area contributed by atoms with Crippen LogP contribution in [-0.4, -0.2) is 40.1 Å². The Labute approximate surface area is 175 Å². The lowest BCUT2D eigenvalue weighted by Crippen LogP contribution is -2.27. The fraction of sp³-hybridized carbons (Fsp3) is 0.278. The molecular weight excluding hydrogens is 408 g/mol. The van der Waals surface area contributed by atoms with Gasteiger partial charge in [-0.25, -0.2) is 15.0 Å². The minimum atomic E-state index is -0.584. The van der Waals surface area contributed by atoms with E-state index in [-0.39, 0.29) is 43.3 Å². The van der Waals surface area contributed by atoms with E-state index in [1.807, 2.05) is 18.2 Å². The van der Waals surface area contributed by atoms with Gasteiger partial charge in [-0.15, -0.1) is 0 Å². The minimum absolute atomic E-state index is 0.0186. The van der Waals surface area contributed by atoms with E-state index < -0.39 is 4.92 Å². The Morgan fingerprint density at radius 2 is 2.00 bits per heavy atom. The molecule has 11 nitrogen and oxygen atoms in total. The maximum Gasteiger partial charge on any atom is 0.353 e. The predicted molar refractivity (Wildman–Crippen MR) is 111 cm³/mol. The second-order valence-corrected chi connectivity index (χ2v) is 6.96. The summed E-state index contributed by atoms with van der Waals surface area (Å²) in [7, 11) is 1.57. The molecule has 1 N–H and O–H groups in total. The first-order chi connectivity index (χ1) is 14.6. The first-order valence-corrected chi connectivity index (χ1v) is 9.59. The number of rotatable bonds is 9. The molecule has 0 unspecified atom stereocenters. The Kier molecular flexibility index (Phi) is 6.52. The molecule has 0 bridgehead atoms. The third kappa shape index (κ3) is 4.51. The molecule has 0 saturated heterocycles. The molecule has 0 aliphatic rings. The van der Waals surface area contributed by atoms with Crippen LogP contribution in [0.2, 0.25) is 0 Å². The maximum atomic E-state index is 11.8. The molecule has 0 radical (unpaired) electrons. The summed E-state index contributed by atoms with van der Waals surface area (Å²) in [6.45, 7) is 0.410. The number of anilines is 3. The Balaban J connectivity index is 1.98. The molecule has 0 spiro atoms. The van der Waals surface area contributed by atoms with Gasteiger partial charge in [-0.05, 0) is 18.2 Å². The number of benzene rings is 1. The first kappa shape index (κ1) is 20.7. The number of hydrogen-bond acceptors (Lipinski definition) is 11. The van der Waals surface area contributed by atoms with Crippen LogP contribution < -0.4 is 15.0 Å². The van der Waals surface area contributed by atoms with Crippen molar-refractivity contribution in [3.05, 3.63) is 34.6 Å². The number of thiazole rings is 1. The van der Waals surface area contributed by atoms with Gasteiger partial charge in [0.1, 0.15) is 12.1 Å². The van der Waals surface area contributed by atoms with Gasteiger partial charge in [0.2, 0.25) is 11.6 Å². The van der Waals surface area contributed by atoms with Crippen LogP contribution in [0.1, 0.15) is 12.8 Å². The number of fused-ring (bicyclic) bond motifs is 1. The highest BCUT2D eigenvalue weighted by Crippen LogP contribution is 2.36. The van der Waals surface area contributed by atoms with Gasteiger partial charge in [0, 0.05) is 13.1 Å². The van der Waals surface area contributed by atoms with Crippen molar-refractivity contribution in [3.63, 3.8) is 0 Å². The van der Waals surface area contributed by atoms with Gasteiger partial charge in [0.05, 0.1) is 47.2 Å². The molecule has 152 valence electrons. The molecule has 0 aliphatic heterocycles. The highest BCUT2D eigenvalue weighted by molar-refractivity contribution is 7.22. The summed E-state index contributed by atoms with van der Waals surface area (Å²) in [6.07, 6.45) is 1.47. The second-order valence-electron chi connectivity index (χ2n) is 5.93. The van der Waals surface area contributed by atoms with Gasteiger partial charge in [-0.2, -0.15) is 10.5 Å². The maximum absolute atomic E-state index is 11.8. The van der Waals surface area contributed by atoms with Crippen molar-refractivity contribution >= 4 is 44.0 Å². The zero-order valence-electron chi connectivity index (χ0n) is 15.9. The second kappa shape index (κ2) is 9.45. The van der Waals surface area contributed by atoms with E-state index in [1.165, 1.54) is 17.7 Å². The standard InChI is InChI=1S/C18H16N8O3S/c1-29-12-4-5-13-14(10-12)30-18(23-13)24-16-15(26(27)28)17(22-11-21-16)25(8-2-6-19)9-3-7-20/h4-5,10-11H,2-3,8-9H2,1H3,(H,21,22,23,24). The van der Waals surface area contributed by atoms with Crippen LogP contribution in [0.15, 0.2) is 24.5 Å². The Morgan fingerprint density at radius 1 is 1.27 bits per heavy atom. The molecule has 30 heavy (non-hydrogen) atoms. The number of nitrogens with one attached hydrogen (secondary N) is 1. The summed E-state index contributed by atoms with van der Waals surface area (Å²) in [4.78, 5) is 25.3. The van der Waals surface area contributed by atoms with Gasteiger partial charge in [-0.1, -0.05) is 11.3 Å². The third-order valence-corrected chi connectivity index (χ3v) is 5.03. The van der Waals surface area contributed by atoms with Crippen molar-refractivity contribution in [1.29, 1.82) is 10.5 Å². The first-order valence-electron chi connectivity index (χ1n) is 8.77. The molecular formula is C18H16N8O3S. The van der Waals surface area contributed by atoms with E-state index in [1.54, 1.807) is 24.1 Å². The molecule has 0 fully saturated rings. The van der Waals surface area contributed by atoms with Crippen LogP contribution >= 0.6 is 11.3 Å². The molecule has 0 atom stereocenters. The number of nitriles is 2. The summed E-state index contributed by atoms with van der Waals surface area (Å²) in [6, 6.07) is 9.39. The van der Waals surface area contributed by atoms with Crippen LogP contribution in [0.4, 0.5) is 22.5 Å².